The van der Waals surface area contributed by atoms with Crippen LogP contribution in [0.25, 0.3) is 11.4 Å². The predicted molar refractivity (Wildman–Crippen MR) is 113 cm³/mol. The summed E-state index contributed by atoms with van der Waals surface area (Å²) in [5.74, 6) is 1.56. The van der Waals surface area contributed by atoms with Gasteiger partial charge in [-0.1, -0.05) is 24.3 Å². The van der Waals surface area contributed by atoms with Crippen molar-refractivity contribution in [2.75, 3.05) is 5.73 Å². The lowest BCUT2D eigenvalue weighted by Crippen LogP contribution is -2.41. The maximum Gasteiger partial charge on any atom is 0.251 e. The third-order valence-corrected chi connectivity index (χ3v) is 4.99. The molecule has 1 aliphatic rings. The van der Waals surface area contributed by atoms with Crippen LogP contribution in [0.4, 0.5) is 5.82 Å². The van der Waals surface area contributed by atoms with Gasteiger partial charge in [0.1, 0.15) is 17.2 Å². The SMILES string of the molecule is Cc1ccc2c(c1)OC(C)(C)C[C@@H]2NC(=O)c1cccc(-c2nccc(N)n2)c1. The largest absolute Gasteiger partial charge is 0.487 e. The molecule has 2 aromatic carbocycles. The highest BCUT2D eigenvalue weighted by Crippen LogP contribution is 2.40. The summed E-state index contributed by atoms with van der Waals surface area (Å²) in [4.78, 5) is 21.5. The molecule has 6 heteroatoms. The highest BCUT2D eigenvalue weighted by Gasteiger charge is 2.34. The molecule has 1 atom stereocenters. The molecule has 29 heavy (non-hydrogen) atoms. The molecular formula is C23H24N4O2. The molecule has 1 aromatic heterocycles. The standard InChI is InChI=1S/C23H24N4O2/c1-14-7-8-17-18(13-23(2,3)29-19(17)11-14)26-22(28)16-6-4-5-15(12-16)21-25-10-9-20(24)27-21/h4-12,18H,13H2,1-3H3,(H,26,28)(H2,24,25,27)/t18-/m0/s1. The van der Waals surface area contributed by atoms with Crippen molar-refractivity contribution in [1.29, 1.82) is 0 Å². The number of hydrogen-bond donors (Lipinski definition) is 2. The minimum Gasteiger partial charge on any atom is -0.487 e. The summed E-state index contributed by atoms with van der Waals surface area (Å²) in [6.07, 6.45) is 2.29. The van der Waals surface area contributed by atoms with Gasteiger partial charge >= 0.3 is 0 Å². The van der Waals surface area contributed by atoms with Gasteiger partial charge in [0.2, 0.25) is 0 Å². The Bertz CT molecular complexity index is 1080. The number of nitrogens with one attached hydrogen (secondary N) is 1. The first-order chi connectivity index (χ1) is 13.8. The Kier molecular flexibility index (Phi) is 4.70. The second kappa shape index (κ2) is 7.20. The first-order valence-corrected chi connectivity index (χ1v) is 9.60. The number of carbonyl (C=O) groups is 1. The molecule has 0 spiro atoms. The van der Waals surface area contributed by atoms with Crippen molar-refractivity contribution in [3.05, 3.63) is 71.4 Å². The van der Waals surface area contributed by atoms with Crippen LogP contribution < -0.4 is 15.8 Å². The van der Waals surface area contributed by atoms with Crippen molar-refractivity contribution in [2.45, 2.75) is 38.8 Å². The number of nitrogens with two attached hydrogens (primary N) is 1. The van der Waals surface area contributed by atoms with Gasteiger partial charge in [-0.05, 0) is 50.6 Å². The highest BCUT2D eigenvalue weighted by molar-refractivity contribution is 5.95. The number of nitrogens with zero attached hydrogens (tertiary/aromatic N) is 2. The van der Waals surface area contributed by atoms with Crippen molar-refractivity contribution in [3.8, 4) is 17.1 Å². The van der Waals surface area contributed by atoms with Crippen molar-refractivity contribution in [3.63, 3.8) is 0 Å². The first kappa shape index (κ1) is 18.9. The summed E-state index contributed by atoms with van der Waals surface area (Å²) in [6.45, 7) is 6.10. The zero-order chi connectivity index (χ0) is 20.6. The molecule has 1 aliphatic heterocycles. The molecule has 6 nitrogen and oxygen atoms in total. The van der Waals surface area contributed by atoms with E-state index in [4.69, 9.17) is 10.5 Å². The number of amides is 1. The summed E-state index contributed by atoms with van der Waals surface area (Å²) >= 11 is 0. The summed E-state index contributed by atoms with van der Waals surface area (Å²) in [5, 5.41) is 3.17. The number of rotatable bonds is 3. The van der Waals surface area contributed by atoms with Crippen molar-refractivity contribution < 1.29 is 9.53 Å². The summed E-state index contributed by atoms with van der Waals surface area (Å²) in [5.41, 5.74) is 8.81. The predicted octanol–water partition coefficient (Wildman–Crippen LogP) is 4.07. The zero-order valence-corrected chi connectivity index (χ0v) is 16.8. The highest BCUT2D eigenvalue weighted by atomic mass is 16.5. The number of ether oxygens (including phenoxy) is 1. The number of fused-ring (bicyclic) bond motifs is 1. The summed E-state index contributed by atoms with van der Waals surface area (Å²) < 4.78 is 6.13. The molecule has 3 N–H and O–H groups in total. The molecule has 0 saturated carbocycles. The summed E-state index contributed by atoms with van der Waals surface area (Å²) in [7, 11) is 0. The van der Waals surface area contributed by atoms with E-state index in [-0.39, 0.29) is 17.6 Å². The maximum atomic E-state index is 13.0. The minimum absolute atomic E-state index is 0.130. The molecule has 3 aromatic rings. The van der Waals surface area contributed by atoms with Crippen molar-refractivity contribution >= 4 is 11.7 Å². The number of anilines is 1. The van der Waals surface area contributed by atoms with Gasteiger partial charge in [-0.3, -0.25) is 4.79 Å². The Morgan fingerprint density at radius 1 is 1.21 bits per heavy atom. The van der Waals surface area contributed by atoms with Gasteiger partial charge in [-0.2, -0.15) is 0 Å². The molecule has 0 saturated heterocycles. The molecule has 0 radical (unpaired) electrons. The smallest absolute Gasteiger partial charge is 0.251 e. The first-order valence-electron chi connectivity index (χ1n) is 9.60. The second-order valence-corrected chi connectivity index (χ2v) is 8.02. The van der Waals surface area contributed by atoms with Crippen LogP contribution in [0.3, 0.4) is 0 Å². The van der Waals surface area contributed by atoms with E-state index < -0.39 is 0 Å². The molecule has 0 unspecified atom stereocenters. The van der Waals surface area contributed by atoms with Crippen LogP contribution in [0.5, 0.6) is 5.75 Å². The van der Waals surface area contributed by atoms with Crippen LogP contribution in [0.2, 0.25) is 0 Å². The van der Waals surface area contributed by atoms with E-state index in [2.05, 4.69) is 15.3 Å². The van der Waals surface area contributed by atoms with Gasteiger partial charge in [-0.25, -0.2) is 9.97 Å². The van der Waals surface area contributed by atoms with Crippen molar-refractivity contribution in [2.24, 2.45) is 0 Å². The third-order valence-electron chi connectivity index (χ3n) is 4.99. The van der Waals surface area contributed by atoms with E-state index in [1.165, 1.54) is 0 Å². The lowest BCUT2D eigenvalue weighted by atomic mass is 9.89. The fourth-order valence-corrected chi connectivity index (χ4v) is 3.64. The topological polar surface area (TPSA) is 90.1 Å². The van der Waals surface area contributed by atoms with Crippen LogP contribution in [-0.4, -0.2) is 21.5 Å². The van der Waals surface area contributed by atoms with Gasteiger partial charge in [-0.15, -0.1) is 0 Å². The molecule has 0 aliphatic carbocycles. The van der Waals surface area contributed by atoms with Crippen LogP contribution >= 0.6 is 0 Å². The van der Waals surface area contributed by atoms with E-state index >= 15 is 0 Å². The average Bonchev–Trinajstić information content (AvgIpc) is 2.67. The van der Waals surface area contributed by atoms with Crippen LogP contribution in [-0.2, 0) is 0 Å². The second-order valence-electron chi connectivity index (χ2n) is 8.02. The molecule has 0 bridgehead atoms. The van der Waals surface area contributed by atoms with Crippen molar-refractivity contribution in [1.82, 2.24) is 15.3 Å². The molecule has 0 fully saturated rings. The lowest BCUT2D eigenvalue weighted by molar-refractivity contribution is 0.0619. The maximum absolute atomic E-state index is 13.0. The molecule has 1 amide bonds. The van der Waals surface area contributed by atoms with Gasteiger partial charge < -0.3 is 15.8 Å². The summed E-state index contributed by atoms with van der Waals surface area (Å²) in [6, 6.07) is 14.8. The van der Waals surface area contributed by atoms with Crippen LogP contribution in [0.15, 0.2) is 54.7 Å². The number of carbonyl (C=O) groups excluding carboxylic acids is 1. The van der Waals surface area contributed by atoms with Gasteiger partial charge in [0.05, 0.1) is 6.04 Å². The fraction of sp³-hybridized carbons (Fsp3) is 0.261. The molecule has 2 heterocycles. The number of aromatic nitrogens is 2. The Balaban J connectivity index is 1.61. The quantitative estimate of drug-likeness (QED) is 0.706. The Labute approximate surface area is 170 Å². The number of benzene rings is 2. The Morgan fingerprint density at radius 3 is 2.83 bits per heavy atom. The van der Waals surface area contributed by atoms with Gasteiger partial charge in [0.15, 0.2) is 5.82 Å². The molecule has 148 valence electrons. The molecular weight excluding hydrogens is 364 g/mol. The lowest BCUT2D eigenvalue weighted by Gasteiger charge is -2.38. The van der Waals surface area contributed by atoms with E-state index in [9.17, 15) is 4.79 Å². The zero-order valence-electron chi connectivity index (χ0n) is 16.8. The van der Waals surface area contributed by atoms with Crippen LogP contribution in [0, 0.1) is 6.92 Å². The number of aryl methyl sites for hydroxylation is 1. The minimum atomic E-state index is -0.365. The van der Waals surface area contributed by atoms with Gasteiger partial charge in [0, 0.05) is 29.3 Å². The monoisotopic (exact) mass is 388 g/mol. The van der Waals surface area contributed by atoms with E-state index in [1.54, 1.807) is 24.4 Å². The average molecular weight is 388 g/mol. The van der Waals surface area contributed by atoms with Gasteiger partial charge in [0.25, 0.3) is 5.91 Å². The number of hydrogen-bond acceptors (Lipinski definition) is 5. The number of nitrogen functional groups attached to an aromatic ring is 1. The fourth-order valence-electron chi connectivity index (χ4n) is 3.64. The normalized spacial score (nSPS) is 17.1. The van der Waals surface area contributed by atoms with E-state index in [0.29, 0.717) is 23.6 Å². The third kappa shape index (κ3) is 4.06. The van der Waals surface area contributed by atoms with E-state index in [0.717, 1.165) is 22.4 Å². The van der Waals surface area contributed by atoms with Crippen LogP contribution in [0.1, 0.15) is 47.8 Å². The Hall–Kier alpha value is -3.41. The van der Waals surface area contributed by atoms with E-state index in [1.807, 2.05) is 51.1 Å². The molecule has 4 rings (SSSR count). The Morgan fingerprint density at radius 2 is 2.03 bits per heavy atom.